The Hall–Kier alpha value is -0.770. The Morgan fingerprint density at radius 1 is 1.17 bits per heavy atom. The van der Waals surface area contributed by atoms with Crippen molar-refractivity contribution in [3.8, 4) is 5.75 Å². The van der Waals surface area contributed by atoms with Gasteiger partial charge in [0, 0.05) is 6.07 Å². The van der Waals surface area contributed by atoms with Crippen LogP contribution in [-0.2, 0) is 0 Å². The number of rotatable bonds is 8. The molecule has 0 heterocycles. The van der Waals surface area contributed by atoms with Gasteiger partial charge in [-0.15, -0.1) is 0 Å². The van der Waals surface area contributed by atoms with E-state index in [4.69, 9.17) is 10.5 Å². The van der Waals surface area contributed by atoms with Crippen molar-refractivity contribution >= 4 is 21.6 Å². The minimum absolute atomic E-state index is 0.349. The zero-order valence-electron chi connectivity index (χ0n) is 10.8. The predicted octanol–water partition coefficient (Wildman–Crippen LogP) is 4.91. The van der Waals surface area contributed by atoms with E-state index in [0.29, 0.717) is 22.5 Å². The lowest BCUT2D eigenvalue weighted by Gasteiger charge is -2.09. The summed E-state index contributed by atoms with van der Waals surface area (Å²) in [7, 11) is 0. The number of benzene rings is 1. The number of unbranched alkanes of at least 4 members (excludes halogenated alkanes) is 5. The maximum atomic E-state index is 13.1. The van der Waals surface area contributed by atoms with Crippen LogP contribution in [0, 0.1) is 5.82 Å². The molecule has 2 nitrogen and oxygen atoms in total. The Balaban J connectivity index is 2.25. The van der Waals surface area contributed by atoms with Crippen molar-refractivity contribution in [2.24, 2.45) is 0 Å². The SMILES string of the molecule is CCCCCCCCOc1cc(Br)c(F)cc1N. The topological polar surface area (TPSA) is 35.2 Å². The van der Waals surface area contributed by atoms with Crippen LogP contribution in [0.3, 0.4) is 0 Å². The van der Waals surface area contributed by atoms with Crippen LogP contribution < -0.4 is 10.5 Å². The lowest BCUT2D eigenvalue weighted by atomic mass is 10.1. The summed E-state index contributed by atoms with van der Waals surface area (Å²) < 4.78 is 19.1. The molecule has 18 heavy (non-hydrogen) atoms. The molecule has 0 atom stereocenters. The molecule has 0 amide bonds. The van der Waals surface area contributed by atoms with Crippen LogP contribution >= 0.6 is 15.9 Å². The van der Waals surface area contributed by atoms with Gasteiger partial charge in [-0.05, 0) is 28.4 Å². The quantitative estimate of drug-likeness (QED) is 0.546. The maximum Gasteiger partial charge on any atom is 0.143 e. The van der Waals surface area contributed by atoms with E-state index in [-0.39, 0.29) is 5.82 Å². The van der Waals surface area contributed by atoms with Gasteiger partial charge in [0.05, 0.1) is 16.8 Å². The van der Waals surface area contributed by atoms with Gasteiger partial charge in [-0.1, -0.05) is 39.0 Å². The highest BCUT2D eigenvalue weighted by Crippen LogP contribution is 2.28. The van der Waals surface area contributed by atoms with Crippen molar-refractivity contribution in [3.63, 3.8) is 0 Å². The Morgan fingerprint density at radius 2 is 1.83 bits per heavy atom. The van der Waals surface area contributed by atoms with Crippen molar-refractivity contribution in [3.05, 3.63) is 22.4 Å². The van der Waals surface area contributed by atoms with Gasteiger partial charge in [-0.25, -0.2) is 4.39 Å². The first-order chi connectivity index (χ1) is 8.65. The van der Waals surface area contributed by atoms with Crippen molar-refractivity contribution in [1.29, 1.82) is 0 Å². The van der Waals surface area contributed by atoms with E-state index >= 15 is 0 Å². The normalized spacial score (nSPS) is 10.6. The lowest BCUT2D eigenvalue weighted by Crippen LogP contribution is -2.01. The molecule has 0 aliphatic rings. The zero-order valence-corrected chi connectivity index (χ0v) is 12.4. The number of hydrogen-bond acceptors (Lipinski definition) is 2. The van der Waals surface area contributed by atoms with Crippen LogP contribution in [-0.4, -0.2) is 6.61 Å². The van der Waals surface area contributed by atoms with Crippen LogP contribution in [0.5, 0.6) is 5.75 Å². The zero-order chi connectivity index (χ0) is 13.4. The molecule has 0 aromatic heterocycles. The summed E-state index contributed by atoms with van der Waals surface area (Å²) in [6.45, 7) is 2.84. The average Bonchev–Trinajstić information content (AvgIpc) is 2.34. The summed E-state index contributed by atoms with van der Waals surface area (Å²) in [4.78, 5) is 0. The Kier molecular flexibility index (Phi) is 7.09. The number of halogens is 2. The van der Waals surface area contributed by atoms with Gasteiger partial charge in [0.15, 0.2) is 0 Å². The van der Waals surface area contributed by atoms with Gasteiger partial charge in [-0.2, -0.15) is 0 Å². The highest BCUT2D eigenvalue weighted by molar-refractivity contribution is 9.10. The van der Waals surface area contributed by atoms with Crippen LogP contribution in [0.2, 0.25) is 0 Å². The molecule has 0 saturated carbocycles. The van der Waals surface area contributed by atoms with Crippen LogP contribution in [0.25, 0.3) is 0 Å². The second-order valence-corrected chi connectivity index (χ2v) is 5.27. The third kappa shape index (κ3) is 5.25. The molecule has 4 heteroatoms. The molecule has 0 unspecified atom stereocenters. The van der Waals surface area contributed by atoms with Crippen LogP contribution in [0.15, 0.2) is 16.6 Å². The van der Waals surface area contributed by atoms with Gasteiger partial charge in [0.1, 0.15) is 11.6 Å². The molecule has 0 radical (unpaired) electrons. The second kappa shape index (κ2) is 8.35. The third-order valence-electron chi connectivity index (χ3n) is 2.81. The lowest BCUT2D eigenvalue weighted by molar-refractivity contribution is 0.305. The third-order valence-corrected chi connectivity index (χ3v) is 3.42. The molecule has 0 saturated heterocycles. The second-order valence-electron chi connectivity index (χ2n) is 4.42. The first-order valence-corrected chi connectivity index (χ1v) is 7.31. The number of hydrogen-bond donors (Lipinski definition) is 1. The Bertz CT molecular complexity index is 371. The molecule has 2 N–H and O–H groups in total. The minimum Gasteiger partial charge on any atom is -0.491 e. The highest BCUT2D eigenvalue weighted by Gasteiger charge is 2.06. The largest absolute Gasteiger partial charge is 0.491 e. The van der Waals surface area contributed by atoms with E-state index in [0.717, 1.165) is 6.42 Å². The summed E-state index contributed by atoms with van der Waals surface area (Å²) in [6, 6.07) is 2.86. The van der Waals surface area contributed by atoms with E-state index < -0.39 is 0 Å². The number of anilines is 1. The fourth-order valence-corrected chi connectivity index (χ4v) is 2.06. The number of ether oxygens (including phenoxy) is 1. The van der Waals surface area contributed by atoms with Crippen molar-refractivity contribution < 1.29 is 9.13 Å². The van der Waals surface area contributed by atoms with Gasteiger partial charge < -0.3 is 10.5 Å². The molecule has 1 rings (SSSR count). The standard InChI is InChI=1S/C14H21BrFNO/c1-2-3-4-5-6-7-8-18-14-9-11(15)12(16)10-13(14)17/h9-10H,2-8,17H2,1H3. The first-order valence-electron chi connectivity index (χ1n) is 6.52. The molecule has 0 bridgehead atoms. The molecular formula is C14H21BrFNO. The first kappa shape index (κ1) is 15.3. The van der Waals surface area contributed by atoms with Crippen molar-refractivity contribution in [1.82, 2.24) is 0 Å². The Morgan fingerprint density at radius 3 is 2.56 bits per heavy atom. The van der Waals surface area contributed by atoms with Gasteiger partial charge in [0.2, 0.25) is 0 Å². The van der Waals surface area contributed by atoms with E-state index in [1.54, 1.807) is 6.07 Å². The molecule has 1 aromatic rings. The summed E-state index contributed by atoms with van der Waals surface area (Å²) in [5.41, 5.74) is 6.03. The van der Waals surface area contributed by atoms with Crippen molar-refractivity contribution in [2.75, 3.05) is 12.3 Å². The number of nitrogen functional groups attached to an aromatic ring is 1. The van der Waals surface area contributed by atoms with Crippen LogP contribution in [0.1, 0.15) is 45.4 Å². The predicted molar refractivity (Wildman–Crippen MR) is 77.4 cm³/mol. The summed E-state index contributed by atoms with van der Waals surface area (Å²) in [5, 5.41) is 0. The molecule has 0 aliphatic heterocycles. The Labute approximate surface area is 117 Å². The van der Waals surface area contributed by atoms with Crippen LogP contribution in [0.4, 0.5) is 10.1 Å². The van der Waals surface area contributed by atoms with Gasteiger partial charge in [0.25, 0.3) is 0 Å². The molecule has 0 aliphatic carbocycles. The van der Waals surface area contributed by atoms with Gasteiger partial charge in [-0.3, -0.25) is 0 Å². The molecular weight excluding hydrogens is 297 g/mol. The molecule has 102 valence electrons. The summed E-state index contributed by atoms with van der Waals surface area (Å²) in [6.07, 6.45) is 7.29. The summed E-state index contributed by atoms with van der Waals surface area (Å²) >= 11 is 3.12. The minimum atomic E-state index is -0.362. The van der Waals surface area contributed by atoms with E-state index in [1.807, 2.05) is 0 Å². The maximum absolute atomic E-state index is 13.1. The van der Waals surface area contributed by atoms with E-state index in [1.165, 1.54) is 38.2 Å². The molecule has 1 aromatic carbocycles. The van der Waals surface area contributed by atoms with Gasteiger partial charge >= 0.3 is 0 Å². The summed E-state index contributed by atoms with van der Waals surface area (Å²) in [5.74, 6) is 0.191. The van der Waals surface area contributed by atoms with E-state index in [9.17, 15) is 4.39 Å². The smallest absolute Gasteiger partial charge is 0.143 e. The number of nitrogens with two attached hydrogens (primary N) is 1. The van der Waals surface area contributed by atoms with Crippen molar-refractivity contribution in [2.45, 2.75) is 45.4 Å². The highest BCUT2D eigenvalue weighted by atomic mass is 79.9. The fourth-order valence-electron chi connectivity index (χ4n) is 1.73. The molecule has 0 fully saturated rings. The average molecular weight is 318 g/mol. The molecule has 0 spiro atoms. The monoisotopic (exact) mass is 317 g/mol. The van der Waals surface area contributed by atoms with E-state index in [2.05, 4.69) is 22.9 Å². The fraction of sp³-hybridized carbons (Fsp3) is 0.571.